The Morgan fingerprint density at radius 3 is 2.94 bits per heavy atom. The molecule has 0 radical (unpaired) electrons. The Bertz CT molecular complexity index is 468. The highest BCUT2D eigenvalue weighted by Crippen LogP contribution is 2.10. The van der Waals surface area contributed by atoms with Crippen LogP contribution < -0.4 is 5.32 Å². The zero-order valence-corrected chi connectivity index (χ0v) is 10.3. The molecule has 1 aliphatic heterocycles. The Kier molecular flexibility index (Phi) is 3.30. The van der Waals surface area contributed by atoms with Gasteiger partial charge in [-0.2, -0.15) is 0 Å². The molecule has 16 heavy (non-hydrogen) atoms. The molecule has 1 atom stereocenters. The van der Waals surface area contributed by atoms with Crippen molar-refractivity contribution in [2.45, 2.75) is 19.4 Å². The summed E-state index contributed by atoms with van der Waals surface area (Å²) in [6.07, 6.45) is 0.793. The summed E-state index contributed by atoms with van der Waals surface area (Å²) in [4.78, 5) is 0. The fraction of sp³-hybridized carbons (Fsp3) is 0.500. The van der Waals surface area contributed by atoms with Crippen LogP contribution in [-0.2, 0) is 16.3 Å². The quantitative estimate of drug-likeness (QED) is 0.835. The van der Waals surface area contributed by atoms with Gasteiger partial charge in [0.05, 0.1) is 11.5 Å². The molecule has 0 aliphatic carbocycles. The number of aryl methyl sites for hydroxylation is 1. The average Bonchev–Trinajstić information content (AvgIpc) is 2.15. The summed E-state index contributed by atoms with van der Waals surface area (Å²) < 4.78 is 23.0. The molecule has 88 valence electrons. The van der Waals surface area contributed by atoms with E-state index in [1.165, 1.54) is 11.1 Å². The first-order valence-electron chi connectivity index (χ1n) is 5.54. The van der Waals surface area contributed by atoms with Crippen molar-refractivity contribution in [2.75, 3.05) is 18.1 Å². The zero-order chi connectivity index (χ0) is 11.6. The molecule has 0 aromatic heterocycles. The molecule has 0 spiro atoms. The Balaban J connectivity index is 2.05. The lowest BCUT2D eigenvalue weighted by Gasteiger charge is -2.23. The number of sulfone groups is 1. The first-order valence-corrected chi connectivity index (χ1v) is 7.37. The number of hydrogen-bond acceptors (Lipinski definition) is 3. The van der Waals surface area contributed by atoms with Gasteiger partial charge < -0.3 is 5.32 Å². The van der Waals surface area contributed by atoms with Crippen LogP contribution in [0.25, 0.3) is 0 Å². The molecule has 1 heterocycles. The molecule has 1 aliphatic rings. The molecule has 4 heteroatoms. The number of hydrogen-bond donors (Lipinski definition) is 1. The molecular weight excluding hydrogens is 222 g/mol. The molecule has 0 amide bonds. The van der Waals surface area contributed by atoms with E-state index in [1.54, 1.807) is 0 Å². The van der Waals surface area contributed by atoms with E-state index in [1.807, 2.05) is 6.07 Å². The molecule has 1 N–H and O–H groups in total. The predicted octanol–water partition coefficient (Wildman–Crippen LogP) is 0.924. The summed E-state index contributed by atoms with van der Waals surface area (Å²) in [6.45, 7) is 2.63. The number of nitrogens with one attached hydrogen (secondary N) is 1. The lowest BCUT2D eigenvalue weighted by Crippen LogP contribution is -2.46. The first kappa shape index (κ1) is 11.6. The van der Waals surface area contributed by atoms with Crippen LogP contribution in [0.4, 0.5) is 0 Å². The number of rotatable bonds is 2. The van der Waals surface area contributed by atoms with Gasteiger partial charge in [-0.05, 0) is 18.9 Å². The molecule has 1 aromatic rings. The van der Waals surface area contributed by atoms with Crippen molar-refractivity contribution in [1.29, 1.82) is 0 Å². The third-order valence-electron chi connectivity index (χ3n) is 2.87. The normalized spacial score (nSPS) is 24.2. The van der Waals surface area contributed by atoms with Crippen LogP contribution in [0.2, 0.25) is 0 Å². The molecule has 1 saturated heterocycles. The van der Waals surface area contributed by atoms with Crippen LogP contribution in [-0.4, -0.2) is 32.5 Å². The minimum Gasteiger partial charge on any atom is -0.312 e. The summed E-state index contributed by atoms with van der Waals surface area (Å²) in [7, 11) is -2.82. The van der Waals surface area contributed by atoms with Crippen LogP contribution >= 0.6 is 0 Å². The maximum Gasteiger partial charge on any atom is 0.153 e. The van der Waals surface area contributed by atoms with Crippen LogP contribution in [0.1, 0.15) is 11.1 Å². The molecule has 1 fully saturated rings. The van der Waals surface area contributed by atoms with Crippen molar-refractivity contribution < 1.29 is 8.42 Å². The molecular formula is C12H17NO2S. The van der Waals surface area contributed by atoms with E-state index in [9.17, 15) is 8.42 Å². The van der Waals surface area contributed by atoms with Gasteiger partial charge in [-0.3, -0.25) is 0 Å². The summed E-state index contributed by atoms with van der Waals surface area (Å²) >= 11 is 0. The third kappa shape index (κ3) is 3.06. The van der Waals surface area contributed by atoms with E-state index in [-0.39, 0.29) is 17.5 Å². The van der Waals surface area contributed by atoms with Gasteiger partial charge in [-0.1, -0.05) is 29.8 Å². The molecule has 0 bridgehead atoms. The Morgan fingerprint density at radius 1 is 1.44 bits per heavy atom. The fourth-order valence-electron chi connectivity index (χ4n) is 2.12. The molecule has 2 rings (SSSR count). The van der Waals surface area contributed by atoms with E-state index in [4.69, 9.17) is 0 Å². The molecule has 3 nitrogen and oxygen atoms in total. The standard InChI is InChI=1S/C12H17NO2S/c1-10-3-2-4-11(7-10)8-12-9-16(14,15)6-5-13-12/h2-4,7,12-13H,5-6,8-9H2,1H3. The second kappa shape index (κ2) is 4.55. The smallest absolute Gasteiger partial charge is 0.153 e. The van der Waals surface area contributed by atoms with Crippen LogP contribution in [0.3, 0.4) is 0 Å². The van der Waals surface area contributed by atoms with Gasteiger partial charge in [0.15, 0.2) is 9.84 Å². The summed E-state index contributed by atoms with van der Waals surface area (Å²) in [5.74, 6) is 0.540. The average molecular weight is 239 g/mol. The first-order chi connectivity index (χ1) is 7.55. The summed E-state index contributed by atoms with van der Waals surface area (Å²) in [6, 6.07) is 8.30. The molecule has 0 saturated carbocycles. The fourth-order valence-corrected chi connectivity index (χ4v) is 3.57. The monoisotopic (exact) mass is 239 g/mol. The van der Waals surface area contributed by atoms with Gasteiger partial charge in [-0.15, -0.1) is 0 Å². The van der Waals surface area contributed by atoms with Gasteiger partial charge in [-0.25, -0.2) is 8.42 Å². The highest BCUT2D eigenvalue weighted by Gasteiger charge is 2.24. The zero-order valence-electron chi connectivity index (χ0n) is 9.44. The minimum atomic E-state index is -2.82. The van der Waals surface area contributed by atoms with E-state index in [0.29, 0.717) is 6.54 Å². The van der Waals surface area contributed by atoms with Gasteiger partial charge in [0, 0.05) is 12.6 Å². The largest absolute Gasteiger partial charge is 0.312 e. The summed E-state index contributed by atoms with van der Waals surface area (Å²) in [5, 5.41) is 3.26. The third-order valence-corrected chi connectivity index (χ3v) is 4.60. The van der Waals surface area contributed by atoms with Gasteiger partial charge >= 0.3 is 0 Å². The Hall–Kier alpha value is -0.870. The second-order valence-electron chi connectivity index (χ2n) is 4.46. The lowest BCUT2D eigenvalue weighted by atomic mass is 10.0. The van der Waals surface area contributed by atoms with Gasteiger partial charge in [0.2, 0.25) is 0 Å². The van der Waals surface area contributed by atoms with E-state index >= 15 is 0 Å². The van der Waals surface area contributed by atoms with E-state index in [2.05, 4.69) is 30.4 Å². The van der Waals surface area contributed by atoms with E-state index < -0.39 is 9.84 Å². The van der Waals surface area contributed by atoms with Crippen molar-refractivity contribution in [3.05, 3.63) is 35.4 Å². The highest BCUT2D eigenvalue weighted by molar-refractivity contribution is 7.91. The maximum atomic E-state index is 11.5. The van der Waals surface area contributed by atoms with Crippen LogP contribution in [0, 0.1) is 6.92 Å². The second-order valence-corrected chi connectivity index (χ2v) is 6.69. The van der Waals surface area contributed by atoms with Gasteiger partial charge in [0.25, 0.3) is 0 Å². The topological polar surface area (TPSA) is 46.2 Å². The lowest BCUT2D eigenvalue weighted by molar-refractivity contribution is 0.515. The molecule has 1 unspecified atom stereocenters. The SMILES string of the molecule is Cc1cccc(CC2CS(=O)(=O)CCN2)c1. The maximum absolute atomic E-state index is 11.5. The molecule has 1 aromatic carbocycles. The van der Waals surface area contributed by atoms with Crippen molar-refractivity contribution >= 4 is 9.84 Å². The van der Waals surface area contributed by atoms with Crippen LogP contribution in [0.5, 0.6) is 0 Å². The van der Waals surface area contributed by atoms with Crippen molar-refractivity contribution in [2.24, 2.45) is 0 Å². The Morgan fingerprint density at radius 2 is 2.25 bits per heavy atom. The van der Waals surface area contributed by atoms with Crippen molar-refractivity contribution in [1.82, 2.24) is 5.32 Å². The number of benzene rings is 1. The highest BCUT2D eigenvalue weighted by atomic mass is 32.2. The van der Waals surface area contributed by atoms with Gasteiger partial charge in [0.1, 0.15) is 0 Å². The minimum absolute atomic E-state index is 0.0700. The Labute approximate surface area is 96.8 Å². The van der Waals surface area contributed by atoms with E-state index in [0.717, 1.165) is 6.42 Å². The van der Waals surface area contributed by atoms with Crippen molar-refractivity contribution in [3.63, 3.8) is 0 Å². The van der Waals surface area contributed by atoms with Crippen molar-refractivity contribution in [3.8, 4) is 0 Å². The van der Waals surface area contributed by atoms with Crippen LogP contribution in [0.15, 0.2) is 24.3 Å². The summed E-state index contributed by atoms with van der Waals surface area (Å²) in [5.41, 5.74) is 2.42. The predicted molar refractivity (Wildman–Crippen MR) is 65.3 cm³/mol.